The van der Waals surface area contributed by atoms with Gasteiger partial charge >= 0.3 is 0 Å². The van der Waals surface area contributed by atoms with Crippen molar-refractivity contribution >= 4 is 23.1 Å². The lowest BCUT2D eigenvalue weighted by atomic mass is 9.95. The van der Waals surface area contributed by atoms with Gasteiger partial charge in [0, 0.05) is 24.8 Å². The zero-order valence-corrected chi connectivity index (χ0v) is 11.9. The molecule has 0 bridgehead atoms. The molecule has 4 nitrogen and oxygen atoms in total. The Kier molecular flexibility index (Phi) is 4.47. The summed E-state index contributed by atoms with van der Waals surface area (Å²) in [6.07, 6.45) is 4.98. The van der Waals surface area contributed by atoms with E-state index in [1.54, 1.807) is 18.3 Å². The normalized spacial score (nSPS) is 19.2. The molecular formula is C14H19N3OS. The van der Waals surface area contributed by atoms with Crippen LogP contribution in [0.4, 0.5) is 0 Å². The molecule has 0 saturated carbocycles. The maximum atomic E-state index is 12.3. The summed E-state index contributed by atoms with van der Waals surface area (Å²) in [6, 6.07) is 3.45. The zero-order chi connectivity index (χ0) is 13.8. The molecule has 1 aliphatic rings. The van der Waals surface area contributed by atoms with Crippen molar-refractivity contribution in [3.05, 3.63) is 29.6 Å². The SMILES string of the molecule is CCC1CCCN(C(=O)c2ccc(C(N)=S)cn2)C1. The number of likely N-dealkylation sites (tertiary alicyclic amines) is 1. The molecule has 0 aromatic carbocycles. The van der Waals surface area contributed by atoms with Gasteiger partial charge in [0.25, 0.3) is 5.91 Å². The number of nitrogens with zero attached hydrogens (tertiary/aromatic N) is 2. The van der Waals surface area contributed by atoms with Crippen LogP contribution in [0.2, 0.25) is 0 Å². The third-order valence-electron chi connectivity index (χ3n) is 3.65. The third-order valence-corrected chi connectivity index (χ3v) is 3.89. The number of piperidine rings is 1. The molecule has 2 rings (SSSR count). The topological polar surface area (TPSA) is 59.2 Å². The van der Waals surface area contributed by atoms with E-state index in [4.69, 9.17) is 18.0 Å². The maximum Gasteiger partial charge on any atom is 0.272 e. The van der Waals surface area contributed by atoms with Crippen molar-refractivity contribution in [2.75, 3.05) is 13.1 Å². The van der Waals surface area contributed by atoms with Crippen molar-refractivity contribution < 1.29 is 4.79 Å². The summed E-state index contributed by atoms with van der Waals surface area (Å²) in [5, 5.41) is 0. The fraction of sp³-hybridized carbons (Fsp3) is 0.500. The van der Waals surface area contributed by atoms with E-state index in [9.17, 15) is 4.79 Å². The first-order valence-corrected chi connectivity index (χ1v) is 7.07. The number of hydrogen-bond donors (Lipinski definition) is 1. The molecule has 1 amide bonds. The van der Waals surface area contributed by atoms with Crippen LogP contribution in [0.3, 0.4) is 0 Å². The molecule has 1 aliphatic heterocycles. The van der Waals surface area contributed by atoms with Gasteiger partial charge in [-0.25, -0.2) is 0 Å². The molecule has 0 spiro atoms. The van der Waals surface area contributed by atoms with Crippen LogP contribution >= 0.6 is 12.2 Å². The monoisotopic (exact) mass is 277 g/mol. The van der Waals surface area contributed by atoms with Crippen molar-refractivity contribution in [2.45, 2.75) is 26.2 Å². The van der Waals surface area contributed by atoms with E-state index >= 15 is 0 Å². The van der Waals surface area contributed by atoms with Crippen LogP contribution in [0, 0.1) is 5.92 Å². The van der Waals surface area contributed by atoms with E-state index in [1.807, 2.05) is 4.90 Å². The third kappa shape index (κ3) is 3.29. The maximum absolute atomic E-state index is 12.3. The van der Waals surface area contributed by atoms with E-state index in [0.717, 1.165) is 25.9 Å². The second-order valence-corrected chi connectivity index (χ2v) is 5.40. The molecule has 2 heterocycles. The summed E-state index contributed by atoms with van der Waals surface area (Å²) in [4.78, 5) is 18.7. The number of rotatable bonds is 3. The molecule has 102 valence electrons. The second kappa shape index (κ2) is 6.10. The Morgan fingerprint density at radius 3 is 2.95 bits per heavy atom. The van der Waals surface area contributed by atoms with Crippen molar-refractivity contribution in [3.8, 4) is 0 Å². The van der Waals surface area contributed by atoms with Crippen molar-refractivity contribution in [3.63, 3.8) is 0 Å². The zero-order valence-electron chi connectivity index (χ0n) is 11.1. The fourth-order valence-corrected chi connectivity index (χ4v) is 2.53. The van der Waals surface area contributed by atoms with Gasteiger partial charge in [0.15, 0.2) is 0 Å². The molecule has 1 saturated heterocycles. The summed E-state index contributed by atoms with van der Waals surface area (Å²) in [5.41, 5.74) is 6.68. The second-order valence-electron chi connectivity index (χ2n) is 4.96. The number of carbonyl (C=O) groups excluding carboxylic acids is 1. The van der Waals surface area contributed by atoms with E-state index < -0.39 is 0 Å². The Morgan fingerprint density at radius 1 is 1.58 bits per heavy atom. The lowest BCUT2D eigenvalue weighted by molar-refractivity contribution is 0.0665. The molecule has 0 aliphatic carbocycles. The number of aromatic nitrogens is 1. The molecule has 1 unspecified atom stereocenters. The van der Waals surface area contributed by atoms with E-state index in [1.165, 1.54) is 6.42 Å². The summed E-state index contributed by atoms with van der Waals surface area (Å²) in [7, 11) is 0. The Labute approximate surface area is 119 Å². The van der Waals surface area contributed by atoms with Crippen LogP contribution in [-0.4, -0.2) is 33.9 Å². The lowest BCUT2D eigenvalue weighted by Crippen LogP contribution is -2.40. The number of thiocarbonyl (C=S) groups is 1. The highest BCUT2D eigenvalue weighted by atomic mass is 32.1. The van der Waals surface area contributed by atoms with Gasteiger partial charge in [-0.3, -0.25) is 9.78 Å². The molecule has 1 aromatic rings. The largest absolute Gasteiger partial charge is 0.389 e. The summed E-state index contributed by atoms with van der Waals surface area (Å²) in [6.45, 7) is 3.84. The highest BCUT2D eigenvalue weighted by Crippen LogP contribution is 2.20. The molecule has 1 aromatic heterocycles. The number of hydrogen-bond acceptors (Lipinski definition) is 3. The smallest absolute Gasteiger partial charge is 0.272 e. The minimum atomic E-state index is 0.00707. The van der Waals surface area contributed by atoms with Gasteiger partial charge in [-0.2, -0.15) is 0 Å². The molecule has 0 radical (unpaired) electrons. The Balaban J connectivity index is 2.08. The minimum absolute atomic E-state index is 0.00707. The van der Waals surface area contributed by atoms with Crippen molar-refractivity contribution in [2.24, 2.45) is 11.7 Å². The standard InChI is InChI=1S/C14H19N3OS/c1-2-10-4-3-7-17(9-10)14(18)12-6-5-11(8-16-12)13(15)19/h5-6,8,10H,2-4,7,9H2,1H3,(H2,15,19). The van der Waals surface area contributed by atoms with Crippen LogP contribution in [0.15, 0.2) is 18.3 Å². The predicted molar refractivity (Wildman–Crippen MR) is 79.0 cm³/mol. The van der Waals surface area contributed by atoms with Gasteiger partial charge in [-0.1, -0.05) is 25.6 Å². The predicted octanol–water partition coefficient (Wildman–Crippen LogP) is 1.98. The Bertz CT molecular complexity index is 472. The number of amides is 1. The highest BCUT2D eigenvalue weighted by molar-refractivity contribution is 7.80. The van der Waals surface area contributed by atoms with Gasteiger partial charge in [0.2, 0.25) is 0 Å². The summed E-state index contributed by atoms with van der Waals surface area (Å²) in [5.74, 6) is 0.626. The average molecular weight is 277 g/mol. The minimum Gasteiger partial charge on any atom is -0.389 e. The first kappa shape index (κ1) is 13.9. The first-order chi connectivity index (χ1) is 9.11. The van der Waals surface area contributed by atoms with Gasteiger partial charge in [0.1, 0.15) is 10.7 Å². The molecule has 2 N–H and O–H groups in total. The molecule has 19 heavy (non-hydrogen) atoms. The van der Waals surface area contributed by atoms with Gasteiger partial charge in [-0.15, -0.1) is 0 Å². The molecule has 1 fully saturated rings. The van der Waals surface area contributed by atoms with Crippen LogP contribution in [0.25, 0.3) is 0 Å². The van der Waals surface area contributed by atoms with E-state index in [2.05, 4.69) is 11.9 Å². The molecular weight excluding hydrogens is 258 g/mol. The molecule has 1 atom stereocenters. The van der Waals surface area contributed by atoms with Crippen molar-refractivity contribution in [1.82, 2.24) is 9.88 Å². The van der Waals surface area contributed by atoms with Crippen LogP contribution < -0.4 is 5.73 Å². The first-order valence-electron chi connectivity index (χ1n) is 6.67. The summed E-state index contributed by atoms with van der Waals surface area (Å²) >= 11 is 4.87. The van der Waals surface area contributed by atoms with Crippen LogP contribution in [0.5, 0.6) is 0 Å². The van der Waals surface area contributed by atoms with E-state index in [-0.39, 0.29) is 5.91 Å². The number of nitrogens with two attached hydrogens (primary N) is 1. The number of carbonyl (C=O) groups is 1. The Hall–Kier alpha value is -1.49. The highest BCUT2D eigenvalue weighted by Gasteiger charge is 2.24. The van der Waals surface area contributed by atoms with Gasteiger partial charge in [0.05, 0.1) is 0 Å². The summed E-state index contributed by atoms with van der Waals surface area (Å²) < 4.78 is 0. The average Bonchev–Trinajstić information content (AvgIpc) is 2.46. The number of pyridine rings is 1. The van der Waals surface area contributed by atoms with Crippen LogP contribution in [-0.2, 0) is 0 Å². The van der Waals surface area contributed by atoms with Gasteiger partial charge < -0.3 is 10.6 Å². The fourth-order valence-electron chi connectivity index (χ4n) is 2.41. The van der Waals surface area contributed by atoms with Gasteiger partial charge in [-0.05, 0) is 30.9 Å². The lowest BCUT2D eigenvalue weighted by Gasteiger charge is -2.32. The quantitative estimate of drug-likeness (QED) is 0.858. The Morgan fingerprint density at radius 2 is 2.37 bits per heavy atom. The van der Waals surface area contributed by atoms with Crippen LogP contribution in [0.1, 0.15) is 42.2 Å². The van der Waals surface area contributed by atoms with E-state index in [0.29, 0.717) is 22.2 Å². The molecule has 5 heteroatoms. The van der Waals surface area contributed by atoms with Crippen molar-refractivity contribution in [1.29, 1.82) is 0 Å².